The first-order chi connectivity index (χ1) is 11.5. The van der Waals surface area contributed by atoms with Gasteiger partial charge in [-0.1, -0.05) is 19.1 Å². The molecule has 0 amide bonds. The summed E-state index contributed by atoms with van der Waals surface area (Å²) in [6.07, 6.45) is 0.897. The van der Waals surface area contributed by atoms with Gasteiger partial charge in [-0.3, -0.25) is 4.90 Å². The summed E-state index contributed by atoms with van der Waals surface area (Å²) in [5.74, 6) is 1.11. The SMILES string of the molecule is CCc1ccc(S(=O)(=O)N2CCN(Cc3nnc(C)o3)CC2)cc1. The molecule has 0 unspecified atom stereocenters. The average Bonchev–Trinajstić information content (AvgIpc) is 3.00. The van der Waals surface area contributed by atoms with Gasteiger partial charge in [-0.05, 0) is 24.1 Å². The molecule has 1 fully saturated rings. The molecule has 7 nitrogen and oxygen atoms in total. The van der Waals surface area contributed by atoms with E-state index in [-0.39, 0.29) is 0 Å². The van der Waals surface area contributed by atoms with Crippen LogP contribution in [-0.4, -0.2) is 54.0 Å². The Morgan fingerprint density at radius 2 is 1.75 bits per heavy atom. The van der Waals surface area contributed by atoms with Crippen molar-refractivity contribution in [1.82, 2.24) is 19.4 Å². The highest BCUT2D eigenvalue weighted by atomic mass is 32.2. The normalized spacial score (nSPS) is 17.2. The minimum atomic E-state index is -3.42. The Morgan fingerprint density at radius 3 is 2.29 bits per heavy atom. The van der Waals surface area contributed by atoms with Crippen molar-refractivity contribution in [3.63, 3.8) is 0 Å². The quantitative estimate of drug-likeness (QED) is 0.812. The lowest BCUT2D eigenvalue weighted by Crippen LogP contribution is -2.48. The third kappa shape index (κ3) is 3.66. The molecule has 1 aromatic heterocycles. The molecule has 0 radical (unpaired) electrons. The van der Waals surface area contributed by atoms with E-state index in [1.54, 1.807) is 23.4 Å². The number of aromatic nitrogens is 2. The number of hydrogen-bond donors (Lipinski definition) is 0. The van der Waals surface area contributed by atoms with E-state index in [1.165, 1.54) is 0 Å². The first-order valence-electron chi connectivity index (χ1n) is 8.09. The molecule has 3 rings (SSSR count). The predicted octanol–water partition coefficient (Wildman–Crippen LogP) is 1.45. The highest BCUT2D eigenvalue weighted by molar-refractivity contribution is 7.89. The van der Waals surface area contributed by atoms with Gasteiger partial charge in [0.15, 0.2) is 0 Å². The van der Waals surface area contributed by atoms with E-state index < -0.39 is 10.0 Å². The van der Waals surface area contributed by atoms with Crippen molar-refractivity contribution in [3.8, 4) is 0 Å². The smallest absolute Gasteiger partial charge is 0.243 e. The number of sulfonamides is 1. The maximum Gasteiger partial charge on any atom is 0.243 e. The van der Waals surface area contributed by atoms with E-state index >= 15 is 0 Å². The molecule has 0 spiro atoms. The van der Waals surface area contributed by atoms with Crippen LogP contribution in [0.3, 0.4) is 0 Å². The van der Waals surface area contributed by atoms with Crippen LogP contribution in [0.1, 0.15) is 24.3 Å². The van der Waals surface area contributed by atoms with Crippen molar-refractivity contribution in [2.75, 3.05) is 26.2 Å². The van der Waals surface area contributed by atoms with Gasteiger partial charge < -0.3 is 4.42 Å². The zero-order valence-electron chi connectivity index (χ0n) is 14.0. The van der Waals surface area contributed by atoms with Crippen LogP contribution in [0.5, 0.6) is 0 Å². The van der Waals surface area contributed by atoms with Crippen LogP contribution in [0.4, 0.5) is 0 Å². The van der Waals surface area contributed by atoms with Crippen molar-refractivity contribution in [2.45, 2.75) is 31.7 Å². The fraction of sp³-hybridized carbons (Fsp3) is 0.500. The zero-order chi connectivity index (χ0) is 17.2. The van der Waals surface area contributed by atoms with Gasteiger partial charge in [0.2, 0.25) is 21.8 Å². The Labute approximate surface area is 142 Å². The van der Waals surface area contributed by atoms with Crippen molar-refractivity contribution in [2.24, 2.45) is 0 Å². The van der Waals surface area contributed by atoms with E-state index in [2.05, 4.69) is 15.1 Å². The third-order valence-electron chi connectivity index (χ3n) is 4.23. The Morgan fingerprint density at radius 1 is 1.08 bits per heavy atom. The Hall–Kier alpha value is -1.77. The first kappa shape index (κ1) is 17.1. The molecule has 2 aromatic rings. The molecule has 0 saturated carbocycles. The third-order valence-corrected chi connectivity index (χ3v) is 6.14. The van der Waals surface area contributed by atoms with E-state index in [1.807, 2.05) is 19.1 Å². The molecule has 0 N–H and O–H groups in total. The lowest BCUT2D eigenvalue weighted by atomic mass is 10.2. The van der Waals surface area contributed by atoms with Gasteiger partial charge in [-0.15, -0.1) is 10.2 Å². The minimum Gasteiger partial charge on any atom is -0.424 e. The summed E-state index contributed by atoms with van der Waals surface area (Å²) in [6.45, 7) is 6.58. The van der Waals surface area contributed by atoms with Gasteiger partial charge in [0, 0.05) is 33.1 Å². The standard InChI is InChI=1S/C16H22N4O3S/c1-3-14-4-6-15(7-5-14)24(21,22)20-10-8-19(9-11-20)12-16-18-17-13(2)23-16/h4-7H,3,8-12H2,1-2H3. The second kappa shape index (κ2) is 7.00. The molecular formula is C16H22N4O3S. The van der Waals surface area contributed by atoms with Crippen molar-refractivity contribution >= 4 is 10.0 Å². The van der Waals surface area contributed by atoms with Gasteiger partial charge >= 0.3 is 0 Å². The Kier molecular flexibility index (Phi) is 4.98. The zero-order valence-corrected chi connectivity index (χ0v) is 14.8. The maximum atomic E-state index is 12.7. The van der Waals surface area contributed by atoms with Crippen LogP contribution in [0.15, 0.2) is 33.6 Å². The molecule has 130 valence electrons. The van der Waals surface area contributed by atoms with Crippen LogP contribution in [0.2, 0.25) is 0 Å². The summed E-state index contributed by atoms with van der Waals surface area (Å²) >= 11 is 0. The van der Waals surface area contributed by atoms with Gasteiger partial charge in [0.25, 0.3) is 0 Å². The number of nitrogens with zero attached hydrogens (tertiary/aromatic N) is 4. The van der Waals surface area contributed by atoms with E-state index in [4.69, 9.17) is 4.42 Å². The molecular weight excluding hydrogens is 328 g/mol. The number of piperazine rings is 1. The molecule has 0 atom stereocenters. The summed E-state index contributed by atoms with van der Waals surface area (Å²) < 4.78 is 32.4. The molecule has 24 heavy (non-hydrogen) atoms. The second-order valence-electron chi connectivity index (χ2n) is 5.89. The molecule has 0 aliphatic carbocycles. The summed E-state index contributed by atoms with van der Waals surface area (Å²) in [7, 11) is -3.42. The molecule has 1 aromatic carbocycles. The monoisotopic (exact) mass is 350 g/mol. The highest BCUT2D eigenvalue weighted by Crippen LogP contribution is 2.19. The van der Waals surface area contributed by atoms with Gasteiger partial charge in [0.05, 0.1) is 11.4 Å². The van der Waals surface area contributed by atoms with E-state index in [0.717, 1.165) is 12.0 Å². The maximum absolute atomic E-state index is 12.7. The highest BCUT2D eigenvalue weighted by Gasteiger charge is 2.28. The van der Waals surface area contributed by atoms with Gasteiger partial charge in [-0.25, -0.2) is 8.42 Å². The van der Waals surface area contributed by atoms with E-state index in [9.17, 15) is 8.42 Å². The lowest BCUT2D eigenvalue weighted by molar-refractivity contribution is 0.167. The lowest BCUT2D eigenvalue weighted by Gasteiger charge is -2.33. The number of benzene rings is 1. The fourth-order valence-electron chi connectivity index (χ4n) is 2.77. The van der Waals surface area contributed by atoms with Crippen molar-refractivity contribution < 1.29 is 12.8 Å². The average molecular weight is 350 g/mol. The fourth-order valence-corrected chi connectivity index (χ4v) is 4.19. The largest absolute Gasteiger partial charge is 0.424 e. The number of hydrogen-bond acceptors (Lipinski definition) is 6. The summed E-state index contributed by atoms with van der Waals surface area (Å²) in [5, 5.41) is 7.79. The summed E-state index contributed by atoms with van der Waals surface area (Å²) in [5.41, 5.74) is 1.13. The minimum absolute atomic E-state index is 0.362. The molecule has 0 bridgehead atoms. The summed E-state index contributed by atoms with van der Waals surface area (Å²) in [6, 6.07) is 7.14. The molecule has 2 heterocycles. The Bertz CT molecular complexity index is 778. The topological polar surface area (TPSA) is 79.5 Å². The van der Waals surface area contributed by atoms with Crippen LogP contribution in [0.25, 0.3) is 0 Å². The predicted molar refractivity (Wildman–Crippen MR) is 88.9 cm³/mol. The van der Waals surface area contributed by atoms with Crippen molar-refractivity contribution in [1.29, 1.82) is 0 Å². The number of aryl methyl sites for hydroxylation is 2. The second-order valence-corrected chi connectivity index (χ2v) is 7.83. The molecule has 1 aliphatic rings. The van der Waals surface area contributed by atoms with Gasteiger partial charge in [0.1, 0.15) is 0 Å². The van der Waals surface area contributed by atoms with Crippen LogP contribution >= 0.6 is 0 Å². The Balaban J connectivity index is 1.62. The number of rotatable bonds is 5. The van der Waals surface area contributed by atoms with E-state index in [0.29, 0.717) is 49.4 Å². The molecule has 8 heteroatoms. The van der Waals surface area contributed by atoms with Crippen molar-refractivity contribution in [3.05, 3.63) is 41.6 Å². The summed E-state index contributed by atoms with van der Waals surface area (Å²) in [4.78, 5) is 2.49. The van der Waals surface area contributed by atoms with Crippen LogP contribution in [0, 0.1) is 6.92 Å². The molecule has 1 saturated heterocycles. The van der Waals surface area contributed by atoms with Gasteiger partial charge in [-0.2, -0.15) is 4.31 Å². The molecule has 1 aliphatic heterocycles. The van der Waals surface area contributed by atoms with Crippen LogP contribution in [-0.2, 0) is 23.0 Å². The first-order valence-corrected chi connectivity index (χ1v) is 9.53. The van der Waals surface area contributed by atoms with Crippen LogP contribution < -0.4 is 0 Å².